The molecule has 2 aliphatic carbocycles. The van der Waals surface area contributed by atoms with Gasteiger partial charge in [-0.25, -0.2) is 4.39 Å². The first kappa shape index (κ1) is 19.4. The van der Waals surface area contributed by atoms with E-state index in [9.17, 15) is 27.2 Å². The smallest absolute Gasteiger partial charge is 0.366 e. The Hall–Kier alpha value is -2.91. The number of carbonyl (C=O) groups is 2. The number of nitrogens with two attached hydrogens (primary N) is 1. The molecule has 6 nitrogen and oxygen atoms in total. The molecule has 2 fully saturated rings. The maximum atomic E-state index is 13.6. The molecule has 4 rings (SSSR count). The van der Waals surface area contributed by atoms with Crippen molar-refractivity contribution >= 4 is 17.5 Å². The van der Waals surface area contributed by atoms with Crippen molar-refractivity contribution in [2.75, 3.05) is 5.32 Å². The van der Waals surface area contributed by atoms with Crippen LogP contribution in [0.4, 0.5) is 23.2 Å². The zero-order valence-corrected chi connectivity index (χ0v) is 15.2. The molecule has 2 amide bonds. The summed E-state index contributed by atoms with van der Waals surface area (Å²) in [5.41, 5.74) is 3.15. The van der Waals surface area contributed by atoms with Crippen LogP contribution in [0.5, 0.6) is 0 Å². The van der Waals surface area contributed by atoms with Gasteiger partial charge >= 0.3 is 6.18 Å². The van der Waals surface area contributed by atoms with Gasteiger partial charge in [0, 0.05) is 12.2 Å². The topological polar surface area (TPSA) is 90.0 Å². The molecule has 10 heteroatoms. The van der Waals surface area contributed by atoms with Crippen molar-refractivity contribution in [2.24, 2.45) is 17.1 Å². The van der Waals surface area contributed by atoms with E-state index in [0.717, 1.165) is 48.6 Å². The van der Waals surface area contributed by atoms with Crippen molar-refractivity contribution in [1.29, 1.82) is 0 Å². The number of rotatable bonds is 5. The summed E-state index contributed by atoms with van der Waals surface area (Å²) in [5, 5.41) is 6.08. The van der Waals surface area contributed by atoms with Gasteiger partial charge in [0.05, 0.1) is 11.8 Å². The van der Waals surface area contributed by atoms with Gasteiger partial charge in [-0.2, -0.15) is 18.3 Å². The third-order valence-electron chi connectivity index (χ3n) is 5.68. The van der Waals surface area contributed by atoms with Crippen molar-refractivity contribution < 1.29 is 27.2 Å². The summed E-state index contributed by atoms with van der Waals surface area (Å²) in [6.45, 7) is 0.219. The fourth-order valence-corrected chi connectivity index (χ4v) is 4.08. The summed E-state index contributed by atoms with van der Waals surface area (Å²) in [4.78, 5) is 23.9. The molecule has 3 N–H and O–H groups in total. The molecule has 0 atom stereocenters. The van der Waals surface area contributed by atoms with Gasteiger partial charge in [-0.15, -0.1) is 0 Å². The van der Waals surface area contributed by atoms with Gasteiger partial charge in [0.1, 0.15) is 17.1 Å². The number of anilines is 1. The lowest BCUT2D eigenvalue weighted by molar-refractivity contribution is -0.138. The van der Waals surface area contributed by atoms with Crippen LogP contribution in [0.25, 0.3) is 0 Å². The summed E-state index contributed by atoms with van der Waals surface area (Å²) < 4.78 is 54.9. The van der Waals surface area contributed by atoms with Gasteiger partial charge in [-0.3, -0.25) is 14.3 Å². The monoisotopic (exact) mass is 410 g/mol. The summed E-state index contributed by atoms with van der Waals surface area (Å²) >= 11 is 0. The zero-order valence-electron chi connectivity index (χ0n) is 15.2. The standard InChI is InChI=1S/C19H18F4N4O2/c20-14-2-1-11(5-12(14)16(24)28)26-17(29)15-13(19(21,22)23)8-25-27(15)9-10-6-18(7-10)3-4-18/h1-2,5,8,10H,3-4,6-7,9H2,(H2,24,28)(H,26,29). The summed E-state index contributed by atoms with van der Waals surface area (Å²) in [6.07, 6.45) is 0.0286. The van der Waals surface area contributed by atoms with Crippen LogP contribution >= 0.6 is 0 Å². The van der Waals surface area contributed by atoms with Crippen molar-refractivity contribution in [1.82, 2.24) is 9.78 Å². The Morgan fingerprint density at radius 3 is 2.55 bits per heavy atom. The molecule has 0 unspecified atom stereocenters. The Morgan fingerprint density at radius 2 is 1.97 bits per heavy atom. The highest BCUT2D eigenvalue weighted by atomic mass is 19.4. The third-order valence-corrected chi connectivity index (χ3v) is 5.68. The lowest BCUT2D eigenvalue weighted by Crippen LogP contribution is -2.31. The van der Waals surface area contributed by atoms with Crippen LogP contribution < -0.4 is 11.1 Å². The number of nitrogens with one attached hydrogen (secondary N) is 1. The van der Waals surface area contributed by atoms with E-state index >= 15 is 0 Å². The van der Waals surface area contributed by atoms with E-state index in [1.54, 1.807) is 0 Å². The third kappa shape index (κ3) is 3.70. The number of primary amides is 1. The fourth-order valence-electron chi connectivity index (χ4n) is 4.08. The summed E-state index contributed by atoms with van der Waals surface area (Å²) in [6, 6.07) is 3.02. The summed E-state index contributed by atoms with van der Waals surface area (Å²) in [7, 11) is 0. The maximum absolute atomic E-state index is 13.6. The van der Waals surface area contributed by atoms with Gasteiger partial charge in [-0.1, -0.05) is 0 Å². The molecule has 1 heterocycles. The molecule has 0 aliphatic heterocycles. The predicted molar refractivity (Wildman–Crippen MR) is 94.5 cm³/mol. The molecular formula is C19H18F4N4O2. The van der Waals surface area contributed by atoms with Gasteiger partial charge in [-0.05, 0) is 55.2 Å². The first-order valence-electron chi connectivity index (χ1n) is 9.12. The number of nitrogens with zero attached hydrogens (tertiary/aromatic N) is 2. The van der Waals surface area contributed by atoms with Crippen LogP contribution in [0.3, 0.4) is 0 Å². The number of halogens is 4. The summed E-state index contributed by atoms with van der Waals surface area (Å²) in [5.74, 6) is -2.82. The van der Waals surface area contributed by atoms with Crippen molar-refractivity contribution in [3.05, 3.63) is 47.0 Å². The molecular weight excluding hydrogens is 392 g/mol. The Labute approximate surface area is 163 Å². The van der Waals surface area contributed by atoms with Crippen LogP contribution in [0.1, 0.15) is 52.1 Å². The quantitative estimate of drug-likeness (QED) is 0.739. The zero-order chi connectivity index (χ0) is 21.0. The molecule has 0 radical (unpaired) electrons. The van der Waals surface area contributed by atoms with Gasteiger partial charge in [0.25, 0.3) is 11.8 Å². The lowest BCUT2D eigenvalue weighted by Gasteiger charge is -2.36. The minimum absolute atomic E-state index is 0.0494. The van der Waals surface area contributed by atoms with Crippen molar-refractivity contribution in [3.63, 3.8) is 0 Å². The second-order valence-corrected chi connectivity index (χ2v) is 7.87. The number of amides is 2. The van der Waals surface area contributed by atoms with E-state index in [1.807, 2.05) is 0 Å². The van der Waals surface area contributed by atoms with Crippen LogP contribution in [-0.4, -0.2) is 21.6 Å². The Morgan fingerprint density at radius 1 is 1.28 bits per heavy atom. The van der Waals surface area contributed by atoms with Crippen LogP contribution in [0.15, 0.2) is 24.4 Å². The normalized spacial score (nSPS) is 17.8. The number of benzene rings is 1. The molecule has 0 saturated heterocycles. The Balaban J connectivity index is 1.60. The lowest BCUT2D eigenvalue weighted by atomic mass is 9.72. The molecule has 2 saturated carbocycles. The van der Waals surface area contributed by atoms with E-state index in [1.165, 1.54) is 0 Å². The van der Waals surface area contributed by atoms with E-state index in [2.05, 4.69) is 10.4 Å². The molecule has 29 heavy (non-hydrogen) atoms. The number of hydrogen-bond acceptors (Lipinski definition) is 3. The van der Waals surface area contributed by atoms with Crippen LogP contribution in [-0.2, 0) is 12.7 Å². The minimum atomic E-state index is -4.76. The first-order valence-corrected chi connectivity index (χ1v) is 9.12. The minimum Gasteiger partial charge on any atom is -0.366 e. The highest BCUT2D eigenvalue weighted by Crippen LogP contribution is 2.63. The molecule has 2 aliphatic rings. The van der Waals surface area contributed by atoms with E-state index in [0.29, 0.717) is 11.6 Å². The molecule has 154 valence electrons. The fraction of sp³-hybridized carbons (Fsp3) is 0.421. The second kappa shape index (κ2) is 6.57. The van der Waals surface area contributed by atoms with Crippen molar-refractivity contribution in [2.45, 2.75) is 38.4 Å². The number of hydrogen-bond donors (Lipinski definition) is 2. The molecule has 1 aromatic carbocycles. The Kier molecular flexibility index (Phi) is 4.39. The first-order chi connectivity index (χ1) is 13.6. The average Bonchev–Trinajstić information content (AvgIpc) is 3.26. The number of alkyl halides is 3. The largest absolute Gasteiger partial charge is 0.420 e. The average molecular weight is 410 g/mol. The molecule has 2 aromatic rings. The van der Waals surface area contributed by atoms with Gasteiger partial charge < -0.3 is 11.1 Å². The highest BCUT2D eigenvalue weighted by molar-refractivity contribution is 6.05. The SMILES string of the molecule is NC(=O)c1cc(NC(=O)c2c(C(F)(F)F)cnn2CC2CC3(CC3)C2)ccc1F. The number of aromatic nitrogens is 2. The van der Waals surface area contributed by atoms with E-state index < -0.39 is 40.6 Å². The maximum Gasteiger partial charge on any atom is 0.420 e. The molecule has 1 spiro atoms. The van der Waals surface area contributed by atoms with Crippen molar-refractivity contribution in [3.8, 4) is 0 Å². The number of carbonyl (C=O) groups excluding carboxylic acids is 2. The predicted octanol–water partition coefficient (Wildman–Crippen LogP) is 3.58. The van der Waals surface area contributed by atoms with E-state index in [-0.39, 0.29) is 18.2 Å². The molecule has 0 bridgehead atoms. The van der Waals surface area contributed by atoms with Crippen LogP contribution in [0.2, 0.25) is 0 Å². The second-order valence-electron chi connectivity index (χ2n) is 7.87. The Bertz CT molecular complexity index is 987. The van der Waals surface area contributed by atoms with Gasteiger partial charge in [0.2, 0.25) is 0 Å². The highest BCUT2D eigenvalue weighted by Gasteiger charge is 2.53. The van der Waals surface area contributed by atoms with Crippen LogP contribution in [0, 0.1) is 17.2 Å². The van der Waals surface area contributed by atoms with Gasteiger partial charge in [0.15, 0.2) is 0 Å². The molecule has 1 aromatic heterocycles. The van der Waals surface area contributed by atoms with E-state index in [4.69, 9.17) is 5.73 Å².